The molecule has 2 rings (SSSR count). The summed E-state index contributed by atoms with van der Waals surface area (Å²) in [7, 11) is 1.59. The summed E-state index contributed by atoms with van der Waals surface area (Å²) in [5, 5.41) is 19.9. The second-order valence-corrected chi connectivity index (χ2v) is 6.09. The van der Waals surface area contributed by atoms with Gasteiger partial charge in [-0.1, -0.05) is 23.8 Å². The number of nitrogens with zero attached hydrogens (tertiary/aromatic N) is 4. The fourth-order valence-corrected chi connectivity index (χ4v) is 2.55. The van der Waals surface area contributed by atoms with Crippen molar-refractivity contribution in [3.8, 4) is 6.07 Å². The molecule has 0 bridgehead atoms. The molecule has 0 saturated heterocycles. The van der Waals surface area contributed by atoms with Crippen molar-refractivity contribution in [2.45, 2.75) is 26.9 Å². The molecule has 0 aliphatic heterocycles. The van der Waals surface area contributed by atoms with E-state index in [-0.39, 0.29) is 12.1 Å². The van der Waals surface area contributed by atoms with Gasteiger partial charge in [-0.15, -0.1) is 0 Å². The number of nitriles is 1. The van der Waals surface area contributed by atoms with Crippen LogP contribution in [0.5, 0.6) is 0 Å². The molecule has 0 atom stereocenters. The second kappa shape index (κ2) is 7.61. The van der Waals surface area contributed by atoms with Gasteiger partial charge in [-0.3, -0.25) is 24.3 Å². The third kappa shape index (κ3) is 4.13. The Balaban J connectivity index is 2.23. The molecule has 1 amide bonds. The Labute approximate surface area is 150 Å². The van der Waals surface area contributed by atoms with Crippen LogP contribution in [-0.4, -0.2) is 27.3 Å². The van der Waals surface area contributed by atoms with Gasteiger partial charge in [0.1, 0.15) is 18.2 Å². The van der Waals surface area contributed by atoms with Gasteiger partial charge in [-0.25, -0.2) is 0 Å². The zero-order valence-electron chi connectivity index (χ0n) is 14.7. The largest absolute Gasteiger partial charge is 0.340 e. The van der Waals surface area contributed by atoms with E-state index >= 15 is 0 Å². The molecular formula is C18H18N4O4. The SMILES string of the molecule is Cc1ccc(CN(C)C(=O)Cn2cc([N+](=O)[O-])cc(C#N)c2=O)c(C)c1. The van der Waals surface area contributed by atoms with Crippen LogP contribution in [0.3, 0.4) is 0 Å². The van der Waals surface area contributed by atoms with Gasteiger partial charge in [0.15, 0.2) is 0 Å². The summed E-state index contributed by atoms with van der Waals surface area (Å²) < 4.78 is 0.900. The Kier molecular flexibility index (Phi) is 5.52. The highest BCUT2D eigenvalue weighted by Gasteiger charge is 2.17. The van der Waals surface area contributed by atoms with Gasteiger partial charge in [0, 0.05) is 19.7 Å². The highest BCUT2D eigenvalue weighted by Crippen LogP contribution is 2.13. The lowest BCUT2D eigenvalue weighted by atomic mass is 10.1. The Bertz CT molecular complexity index is 972. The molecule has 2 aromatic rings. The van der Waals surface area contributed by atoms with E-state index in [0.717, 1.165) is 33.5 Å². The number of amides is 1. The molecule has 0 N–H and O–H groups in total. The van der Waals surface area contributed by atoms with Gasteiger partial charge in [0.25, 0.3) is 11.2 Å². The summed E-state index contributed by atoms with van der Waals surface area (Å²) in [5.74, 6) is -0.392. The van der Waals surface area contributed by atoms with E-state index in [1.165, 1.54) is 4.90 Å². The van der Waals surface area contributed by atoms with Crippen molar-refractivity contribution < 1.29 is 9.72 Å². The summed E-state index contributed by atoms with van der Waals surface area (Å²) in [6, 6.07) is 8.42. The highest BCUT2D eigenvalue weighted by molar-refractivity contribution is 5.75. The van der Waals surface area contributed by atoms with Crippen molar-refractivity contribution in [3.63, 3.8) is 0 Å². The smallest absolute Gasteiger partial charge is 0.287 e. The molecule has 8 heteroatoms. The molecule has 0 fully saturated rings. The molecule has 0 unspecified atom stereocenters. The quantitative estimate of drug-likeness (QED) is 0.602. The average Bonchev–Trinajstić information content (AvgIpc) is 2.58. The van der Waals surface area contributed by atoms with Crippen LogP contribution in [0.1, 0.15) is 22.3 Å². The number of likely N-dealkylation sites (N-methyl/N-ethyl adjacent to an activating group) is 1. The summed E-state index contributed by atoms with van der Waals surface area (Å²) in [5.41, 5.74) is 1.62. The Hall–Kier alpha value is -3.47. The number of hydrogen-bond donors (Lipinski definition) is 0. The molecule has 134 valence electrons. The number of carbonyl (C=O) groups excluding carboxylic acids is 1. The first-order chi connectivity index (χ1) is 12.2. The monoisotopic (exact) mass is 354 g/mol. The van der Waals surface area contributed by atoms with E-state index in [9.17, 15) is 19.7 Å². The van der Waals surface area contributed by atoms with Crippen LogP contribution in [0.15, 0.2) is 35.3 Å². The van der Waals surface area contributed by atoms with Crippen molar-refractivity contribution >= 4 is 11.6 Å². The molecule has 1 aromatic heterocycles. The Morgan fingerprint density at radius 1 is 1.35 bits per heavy atom. The molecule has 0 aliphatic carbocycles. The molecule has 0 aliphatic rings. The first kappa shape index (κ1) is 18.9. The number of nitro groups is 1. The molecular weight excluding hydrogens is 336 g/mol. The number of benzene rings is 1. The molecule has 1 heterocycles. The predicted molar refractivity (Wildman–Crippen MR) is 94.5 cm³/mol. The highest BCUT2D eigenvalue weighted by atomic mass is 16.6. The molecule has 0 spiro atoms. The van der Waals surface area contributed by atoms with Crippen LogP contribution in [0.25, 0.3) is 0 Å². The number of hydrogen-bond acceptors (Lipinski definition) is 5. The topological polar surface area (TPSA) is 109 Å². The number of rotatable bonds is 5. The summed E-state index contributed by atoms with van der Waals surface area (Å²) in [6.45, 7) is 3.90. The minimum atomic E-state index is -0.730. The van der Waals surface area contributed by atoms with E-state index in [0.29, 0.717) is 6.54 Å². The van der Waals surface area contributed by atoms with Crippen LogP contribution in [0.4, 0.5) is 5.69 Å². The lowest BCUT2D eigenvalue weighted by molar-refractivity contribution is -0.385. The second-order valence-electron chi connectivity index (χ2n) is 6.09. The van der Waals surface area contributed by atoms with Crippen molar-refractivity contribution in [2.24, 2.45) is 0 Å². The van der Waals surface area contributed by atoms with Crippen molar-refractivity contribution in [1.29, 1.82) is 5.26 Å². The van der Waals surface area contributed by atoms with E-state index in [1.54, 1.807) is 13.1 Å². The van der Waals surface area contributed by atoms with Crippen molar-refractivity contribution in [2.75, 3.05) is 7.05 Å². The summed E-state index contributed by atoms with van der Waals surface area (Å²) in [6.07, 6.45) is 0.978. The lowest BCUT2D eigenvalue weighted by Gasteiger charge is -2.19. The molecule has 8 nitrogen and oxygen atoms in total. The third-order valence-corrected chi connectivity index (χ3v) is 4.04. The number of aromatic nitrogens is 1. The number of carbonyl (C=O) groups is 1. The Morgan fingerprint density at radius 2 is 2.04 bits per heavy atom. The molecule has 0 radical (unpaired) electrons. The van der Waals surface area contributed by atoms with Crippen LogP contribution in [-0.2, 0) is 17.9 Å². The Morgan fingerprint density at radius 3 is 2.62 bits per heavy atom. The summed E-state index contributed by atoms with van der Waals surface area (Å²) >= 11 is 0. The van der Waals surface area contributed by atoms with E-state index in [2.05, 4.69) is 0 Å². The lowest BCUT2D eigenvalue weighted by Crippen LogP contribution is -2.34. The minimum absolute atomic E-state index is 0.347. The van der Waals surface area contributed by atoms with Crippen LogP contribution >= 0.6 is 0 Å². The molecule has 1 aromatic carbocycles. The fraction of sp³-hybridized carbons (Fsp3) is 0.278. The van der Waals surface area contributed by atoms with Gasteiger partial charge in [-0.2, -0.15) is 5.26 Å². The number of aryl methyl sites for hydroxylation is 2. The summed E-state index contributed by atoms with van der Waals surface area (Å²) in [4.78, 5) is 36.2. The van der Waals surface area contributed by atoms with E-state index in [1.807, 2.05) is 32.0 Å². The fourth-order valence-electron chi connectivity index (χ4n) is 2.55. The average molecular weight is 354 g/mol. The molecule has 0 saturated carbocycles. The van der Waals surface area contributed by atoms with Crippen molar-refractivity contribution in [3.05, 3.63) is 73.2 Å². The zero-order chi connectivity index (χ0) is 19.4. The minimum Gasteiger partial charge on any atom is -0.340 e. The molecule has 26 heavy (non-hydrogen) atoms. The van der Waals surface area contributed by atoms with E-state index < -0.39 is 22.1 Å². The van der Waals surface area contributed by atoms with Gasteiger partial charge in [0.05, 0.1) is 11.1 Å². The van der Waals surface area contributed by atoms with Gasteiger partial charge in [0.2, 0.25) is 5.91 Å². The first-order valence-electron chi connectivity index (χ1n) is 7.82. The normalized spacial score (nSPS) is 10.2. The number of pyridine rings is 1. The van der Waals surface area contributed by atoms with Gasteiger partial charge >= 0.3 is 0 Å². The van der Waals surface area contributed by atoms with Crippen LogP contribution < -0.4 is 5.56 Å². The van der Waals surface area contributed by atoms with Gasteiger partial charge < -0.3 is 4.90 Å². The van der Waals surface area contributed by atoms with E-state index in [4.69, 9.17) is 5.26 Å². The standard InChI is InChI=1S/C18H18N4O4/c1-12-4-5-14(13(2)6-12)9-20(3)17(23)11-21-10-16(22(25)26)7-15(8-19)18(21)24/h4-7,10H,9,11H2,1-3H3. The third-order valence-electron chi connectivity index (χ3n) is 4.04. The zero-order valence-corrected chi connectivity index (χ0v) is 14.7. The van der Waals surface area contributed by atoms with Crippen LogP contribution in [0, 0.1) is 35.3 Å². The maximum atomic E-state index is 12.4. The maximum Gasteiger partial charge on any atom is 0.287 e. The first-order valence-corrected chi connectivity index (χ1v) is 7.82. The maximum absolute atomic E-state index is 12.4. The van der Waals surface area contributed by atoms with Crippen molar-refractivity contribution in [1.82, 2.24) is 9.47 Å². The van der Waals surface area contributed by atoms with Gasteiger partial charge in [-0.05, 0) is 25.0 Å². The van der Waals surface area contributed by atoms with Crippen LogP contribution in [0.2, 0.25) is 0 Å². The predicted octanol–water partition coefficient (Wildman–Crippen LogP) is 1.90.